The van der Waals surface area contributed by atoms with Gasteiger partial charge in [0.05, 0.1) is 5.69 Å². The highest BCUT2D eigenvalue weighted by molar-refractivity contribution is 6.39. The largest absolute Gasteiger partial charge is 0.344 e. The summed E-state index contributed by atoms with van der Waals surface area (Å²) >= 11 is 0. The zero-order valence-corrected chi connectivity index (χ0v) is 17.5. The zero-order chi connectivity index (χ0) is 22.0. The van der Waals surface area contributed by atoms with Gasteiger partial charge in [-0.2, -0.15) is 0 Å². The van der Waals surface area contributed by atoms with Gasteiger partial charge in [-0.25, -0.2) is 9.69 Å². The van der Waals surface area contributed by atoms with Gasteiger partial charge in [-0.1, -0.05) is 43.3 Å². The SMILES string of the molecule is CCc1ccc(N2C(=O)NC(=O)/C(=C\c3cccn3Cc3ccccc3C)C2=O)cc1. The van der Waals surface area contributed by atoms with Crippen LogP contribution in [0.2, 0.25) is 0 Å². The molecule has 4 amide bonds. The third kappa shape index (κ3) is 4.05. The number of hydrogen-bond acceptors (Lipinski definition) is 3. The standard InChI is InChI=1S/C25H23N3O3/c1-3-18-10-12-20(13-11-18)28-24(30)22(23(29)26-25(28)31)15-21-9-6-14-27(21)16-19-8-5-4-7-17(19)2/h4-15H,3,16H2,1-2H3,(H,26,29,31)/b22-15+. The monoisotopic (exact) mass is 413 g/mol. The van der Waals surface area contributed by atoms with Crippen LogP contribution in [0.15, 0.2) is 72.4 Å². The number of carbonyl (C=O) groups is 3. The molecule has 0 aliphatic carbocycles. The highest BCUT2D eigenvalue weighted by Gasteiger charge is 2.36. The summed E-state index contributed by atoms with van der Waals surface area (Å²) < 4.78 is 1.96. The molecule has 1 fully saturated rings. The second-order valence-corrected chi connectivity index (χ2v) is 7.47. The molecular weight excluding hydrogens is 390 g/mol. The number of urea groups is 1. The van der Waals surface area contributed by atoms with Gasteiger partial charge in [-0.05, 0) is 60.4 Å². The second-order valence-electron chi connectivity index (χ2n) is 7.47. The summed E-state index contributed by atoms with van der Waals surface area (Å²) in [5.74, 6) is -1.33. The predicted octanol–water partition coefficient (Wildman–Crippen LogP) is 4.07. The summed E-state index contributed by atoms with van der Waals surface area (Å²) in [6.07, 6.45) is 4.29. The molecule has 4 rings (SSSR count). The molecule has 6 heteroatoms. The molecule has 0 bridgehead atoms. The van der Waals surface area contributed by atoms with E-state index in [1.54, 1.807) is 12.1 Å². The molecule has 1 N–H and O–H groups in total. The average Bonchev–Trinajstić information content (AvgIpc) is 3.20. The lowest BCUT2D eigenvalue weighted by Crippen LogP contribution is -2.54. The first-order chi connectivity index (χ1) is 15.0. The Bertz CT molecular complexity index is 1190. The smallest absolute Gasteiger partial charge is 0.335 e. The Morgan fingerprint density at radius 2 is 1.68 bits per heavy atom. The van der Waals surface area contributed by atoms with Crippen molar-refractivity contribution in [1.82, 2.24) is 9.88 Å². The van der Waals surface area contributed by atoms with Crippen molar-refractivity contribution in [3.63, 3.8) is 0 Å². The number of rotatable bonds is 5. The topological polar surface area (TPSA) is 71.4 Å². The van der Waals surface area contributed by atoms with Gasteiger partial charge in [0.25, 0.3) is 11.8 Å². The minimum atomic E-state index is -0.744. The number of barbiturate groups is 1. The number of anilines is 1. The summed E-state index contributed by atoms with van der Waals surface area (Å²) in [5.41, 5.74) is 4.45. The molecule has 31 heavy (non-hydrogen) atoms. The van der Waals surface area contributed by atoms with Crippen LogP contribution in [-0.2, 0) is 22.6 Å². The number of aryl methyl sites for hydroxylation is 2. The minimum Gasteiger partial charge on any atom is -0.344 e. The molecule has 0 radical (unpaired) electrons. The van der Waals surface area contributed by atoms with E-state index < -0.39 is 17.8 Å². The normalized spacial score (nSPS) is 15.5. The van der Waals surface area contributed by atoms with Crippen LogP contribution in [0, 0.1) is 6.92 Å². The Kier molecular flexibility index (Phi) is 5.54. The molecule has 6 nitrogen and oxygen atoms in total. The number of amides is 4. The van der Waals surface area contributed by atoms with E-state index in [9.17, 15) is 14.4 Å². The van der Waals surface area contributed by atoms with Gasteiger partial charge < -0.3 is 4.57 Å². The van der Waals surface area contributed by atoms with Gasteiger partial charge in [0.2, 0.25) is 0 Å². The molecule has 0 atom stereocenters. The second kappa shape index (κ2) is 8.44. The van der Waals surface area contributed by atoms with Gasteiger partial charge in [-0.3, -0.25) is 14.9 Å². The maximum atomic E-state index is 13.1. The van der Waals surface area contributed by atoms with Crippen LogP contribution in [-0.4, -0.2) is 22.4 Å². The Labute approximate surface area is 180 Å². The van der Waals surface area contributed by atoms with Crippen molar-refractivity contribution in [1.29, 1.82) is 0 Å². The molecule has 1 saturated heterocycles. The Morgan fingerprint density at radius 3 is 2.39 bits per heavy atom. The Balaban J connectivity index is 1.66. The summed E-state index contributed by atoms with van der Waals surface area (Å²) in [4.78, 5) is 39.0. The number of nitrogens with zero attached hydrogens (tertiary/aromatic N) is 2. The molecule has 2 heterocycles. The van der Waals surface area contributed by atoms with Crippen molar-refractivity contribution in [3.05, 3.63) is 94.8 Å². The molecule has 3 aromatic rings. The fourth-order valence-corrected chi connectivity index (χ4v) is 3.59. The van der Waals surface area contributed by atoms with Gasteiger partial charge in [0.15, 0.2) is 0 Å². The summed E-state index contributed by atoms with van der Waals surface area (Å²) in [7, 11) is 0. The van der Waals surface area contributed by atoms with Crippen LogP contribution in [0.1, 0.15) is 29.3 Å². The quantitative estimate of drug-likeness (QED) is 0.506. The Morgan fingerprint density at radius 1 is 0.935 bits per heavy atom. The average molecular weight is 413 g/mol. The Hall–Kier alpha value is -3.93. The van der Waals surface area contributed by atoms with Crippen molar-refractivity contribution in [2.75, 3.05) is 4.90 Å². The van der Waals surface area contributed by atoms with Crippen LogP contribution < -0.4 is 10.2 Å². The van der Waals surface area contributed by atoms with Crippen LogP contribution in [0.4, 0.5) is 10.5 Å². The van der Waals surface area contributed by atoms with Gasteiger partial charge in [0.1, 0.15) is 5.57 Å². The molecule has 0 saturated carbocycles. The van der Waals surface area contributed by atoms with Crippen molar-refractivity contribution >= 4 is 29.6 Å². The summed E-state index contributed by atoms with van der Waals surface area (Å²) in [6, 6.07) is 18.2. The number of benzene rings is 2. The number of imide groups is 2. The van der Waals surface area contributed by atoms with Gasteiger partial charge in [0, 0.05) is 18.4 Å². The fourth-order valence-electron chi connectivity index (χ4n) is 3.59. The molecular formula is C25H23N3O3. The molecule has 1 aliphatic heterocycles. The first-order valence-electron chi connectivity index (χ1n) is 10.2. The number of aromatic nitrogens is 1. The van der Waals surface area contributed by atoms with E-state index >= 15 is 0 Å². The molecule has 1 aromatic heterocycles. The fraction of sp³-hybridized carbons (Fsp3) is 0.160. The van der Waals surface area contributed by atoms with Crippen LogP contribution in [0.25, 0.3) is 6.08 Å². The van der Waals surface area contributed by atoms with E-state index in [-0.39, 0.29) is 5.57 Å². The highest BCUT2D eigenvalue weighted by Crippen LogP contribution is 2.23. The molecule has 2 aromatic carbocycles. The first kappa shape index (κ1) is 20.3. The van der Waals surface area contributed by atoms with E-state index in [4.69, 9.17) is 0 Å². The lowest BCUT2D eigenvalue weighted by molar-refractivity contribution is -0.122. The van der Waals surface area contributed by atoms with Crippen molar-refractivity contribution in [2.45, 2.75) is 26.8 Å². The van der Waals surface area contributed by atoms with E-state index in [2.05, 4.69) is 5.32 Å². The summed E-state index contributed by atoms with van der Waals surface area (Å²) in [5, 5.41) is 2.28. The lowest BCUT2D eigenvalue weighted by atomic mass is 10.1. The maximum absolute atomic E-state index is 13.1. The molecule has 156 valence electrons. The number of nitrogens with one attached hydrogen (secondary N) is 1. The van der Waals surface area contributed by atoms with Crippen molar-refractivity contribution < 1.29 is 14.4 Å². The van der Waals surface area contributed by atoms with Crippen LogP contribution in [0.5, 0.6) is 0 Å². The van der Waals surface area contributed by atoms with Crippen LogP contribution >= 0.6 is 0 Å². The number of hydrogen-bond donors (Lipinski definition) is 1. The number of carbonyl (C=O) groups excluding carboxylic acids is 3. The van der Waals surface area contributed by atoms with Gasteiger partial charge >= 0.3 is 6.03 Å². The minimum absolute atomic E-state index is 0.0797. The molecule has 1 aliphatic rings. The van der Waals surface area contributed by atoms with Crippen molar-refractivity contribution in [2.24, 2.45) is 0 Å². The van der Waals surface area contributed by atoms with Crippen LogP contribution in [0.3, 0.4) is 0 Å². The molecule has 0 unspecified atom stereocenters. The van der Waals surface area contributed by atoms with E-state index in [1.165, 1.54) is 6.08 Å². The van der Waals surface area contributed by atoms with Gasteiger partial charge in [-0.15, -0.1) is 0 Å². The van der Waals surface area contributed by atoms with E-state index in [1.807, 2.05) is 73.1 Å². The van der Waals surface area contributed by atoms with Crippen molar-refractivity contribution in [3.8, 4) is 0 Å². The predicted molar refractivity (Wildman–Crippen MR) is 120 cm³/mol. The summed E-state index contributed by atoms with van der Waals surface area (Å²) in [6.45, 7) is 4.68. The van der Waals surface area contributed by atoms with E-state index in [0.717, 1.165) is 28.0 Å². The third-order valence-corrected chi connectivity index (χ3v) is 5.46. The highest BCUT2D eigenvalue weighted by atomic mass is 16.2. The maximum Gasteiger partial charge on any atom is 0.335 e. The first-order valence-corrected chi connectivity index (χ1v) is 10.2. The zero-order valence-electron chi connectivity index (χ0n) is 17.5. The lowest BCUT2D eigenvalue weighted by Gasteiger charge is -2.26. The molecule has 0 spiro atoms. The third-order valence-electron chi connectivity index (χ3n) is 5.46. The van der Waals surface area contributed by atoms with E-state index in [0.29, 0.717) is 17.9 Å².